The summed E-state index contributed by atoms with van der Waals surface area (Å²) in [5.41, 5.74) is 2.50. The molecule has 0 aliphatic rings. The quantitative estimate of drug-likeness (QED) is 0.538. The van der Waals surface area contributed by atoms with Crippen LogP contribution in [0.5, 0.6) is 0 Å². The Labute approximate surface area is 146 Å². The van der Waals surface area contributed by atoms with Gasteiger partial charge in [0.15, 0.2) is 0 Å². The van der Waals surface area contributed by atoms with Crippen molar-refractivity contribution >= 4 is 11.0 Å². The molecule has 0 bridgehead atoms. The SMILES string of the molecule is Cc1cc(Cn2ncc3ncc(-c4ccc(F)c(C(F)F)c4)cc32)no1. The third-order valence-corrected chi connectivity index (χ3v) is 4.05. The molecule has 0 fully saturated rings. The second kappa shape index (κ2) is 6.29. The molecular weight excluding hydrogens is 345 g/mol. The Balaban J connectivity index is 1.75. The van der Waals surface area contributed by atoms with Crippen LogP contribution in [0.25, 0.3) is 22.2 Å². The van der Waals surface area contributed by atoms with E-state index in [2.05, 4.69) is 15.2 Å². The second-order valence-corrected chi connectivity index (χ2v) is 5.90. The van der Waals surface area contributed by atoms with Crippen molar-refractivity contribution in [2.24, 2.45) is 0 Å². The minimum absolute atomic E-state index is 0.387. The summed E-state index contributed by atoms with van der Waals surface area (Å²) in [6.45, 7) is 2.18. The molecule has 0 spiro atoms. The minimum atomic E-state index is -2.88. The highest BCUT2D eigenvalue weighted by molar-refractivity contribution is 5.80. The van der Waals surface area contributed by atoms with Gasteiger partial charge in [-0.05, 0) is 30.7 Å². The second-order valence-electron chi connectivity index (χ2n) is 5.90. The van der Waals surface area contributed by atoms with Crippen LogP contribution < -0.4 is 0 Å². The van der Waals surface area contributed by atoms with E-state index in [1.54, 1.807) is 36.1 Å². The van der Waals surface area contributed by atoms with Gasteiger partial charge in [0, 0.05) is 17.8 Å². The summed E-state index contributed by atoms with van der Waals surface area (Å²) in [5, 5.41) is 8.22. The van der Waals surface area contributed by atoms with Gasteiger partial charge in [0.25, 0.3) is 6.43 Å². The number of benzene rings is 1. The maximum atomic E-state index is 13.5. The normalized spacial score (nSPS) is 11.6. The lowest BCUT2D eigenvalue weighted by Gasteiger charge is -2.07. The van der Waals surface area contributed by atoms with Gasteiger partial charge in [-0.1, -0.05) is 11.2 Å². The van der Waals surface area contributed by atoms with Gasteiger partial charge in [-0.15, -0.1) is 0 Å². The molecule has 0 saturated heterocycles. The van der Waals surface area contributed by atoms with Crippen LogP contribution in [0.4, 0.5) is 13.2 Å². The fourth-order valence-corrected chi connectivity index (χ4v) is 2.78. The molecule has 0 aliphatic heterocycles. The molecule has 0 saturated carbocycles. The number of nitrogens with zero attached hydrogens (tertiary/aromatic N) is 4. The van der Waals surface area contributed by atoms with E-state index in [4.69, 9.17) is 4.52 Å². The first-order chi connectivity index (χ1) is 12.5. The van der Waals surface area contributed by atoms with E-state index in [9.17, 15) is 13.2 Å². The number of pyridine rings is 1. The molecule has 0 unspecified atom stereocenters. The minimum Gasteiger partial charge on any atom is -0.361 e. The van der Waals surface area contributed by atoms with E-state index in [0.717, 1.165) is 12.1 Å². The first-order valence-electron chi connectivity index (χ1n) is 7.83. The molecule has 0 atom stereocenters. The summed E-state index contributed by atoms with van der Waals surface area (Å²) in [5.74, 6) is -0.231. The molecule has 4 rings (SSSR count). The number of hydrogen-bond donors (Lipinski definition) is 0. The summed E-state index contributed by atoms with van der Waals surface area (Å²) in [6, 6.07) is 7.22. The van der Waals surface area contributed by atoms with Gasteiger partial charge in [0.1, 0.15) is 22.8 Å². The molecule has 0 N–H and O–H groups in total. The largest absolute Gasteiger partial charge is 0.361 e. The van der Waals surface area contributed by atoms with Crippen LogP contribution in [0, 0.1) is 12.7 Å². The van der Waals surface area contributed by atoms with Crippen molar-refractivity contribution in [2.75, 3.05) is 0 Å². The maximum Gasteiger partial charge on any atom is 0.266 e. The van der Waals surface area contributed by atoms with Crippen LogP contribution >= 0.6 is 0 Å². The third-order valence-electron chi connectivity index (χ3n) is 4.05. The van der Waals surface area contributed by atoms with Crippen molar-refractivity contribution in [3.8, 4) is 11.1 Å². The van der Waals surface area contributed by atoms with Crippen molar-refractivity contribution < 1.29 is 17.7 Å². The summed E-state index contributed by atoms with van der Waals surface area (Å²) in [7, 11) is 0. The number of aryl methyl sites for hydroxylation is 1. The molecule has 3 aromatic heterocycles. The third kappa shape index (κ3) is 2.94. The molecule has 3 heterocycles. The van der Waals surface area contributed by atoms with Gasteiger partial charge in [0.05, 0.1) is 23.8 Å². The summed E-state index contributed by atoms with van der Waals surface area (Å²) >= 11 is 0. The zero-order valence-electron chi connectivity index (χ0n) is 13.7. The fourth-order valence-electron chi connectivity index (χ4n) is 2.78. The monoisotopic (exact) mass is 358 g/mol. The van der Waals surface area contributed by atoms with Crippen molar-refractivity contribution in [1.82, 2.24) is 19.9 Å². The van der Waals surface area contributed by atoms with Crippen LogP contribution in [-0.2, 0) is 6.54 Å². The molecule has 0 radical (unpaired) electrons. The standard InChI is InChI=1S/C18H13F3N4O/c1-10-4-13(24-26-10)9-25-17-6-12(7-22-16(17)8-23-25)11-2-3-15(19)14(5-11)18(20)21/h2-8,18H,9H2,1H3. The molecular formula is C18H13F3N4O. The summed E-state index contributed by atoms with van der Waals surface area (Å²) in [4.78, 5) is 4.31. The molecule has 0 aliphatic carbocycles. The van der Waals surface area contributed by atoms with E-state index in [1.165, 1.54) is 6.07 Å². The smallest absolute Gasteiger partial charge is 0.266 e. The molecule has 1 aromatic carbocycles. The van der Waals surface area contributed by atoms with Crippen LogP contribution in [0.15, 0.2) is 47.2 Å². The topological polar surface area (TPSA) is 56.7 Å². The van der Waals surface area contributed by atoms with Crippen molar-refractivity contribution in [3.63, 3.8) is 0 Å². The van der Waals surface area contributed by atoms with Crippen molar-refractivity contribution in [3.05, 3.63) is 65.6 Å². The van der Waals surface area contributed by atoms with Crippen LogP contribution in [-0.4, -0.2) is 19.9 Å². The molecule has 8 heteroatoms. The average molecular weight is 358 g/mol. The van der Waals surface area contributed by atoms with Crippen molar-refractivity contribution in [2.45, 2.75) is 19.9 Å². The lowest BCUT2D eigenvalue weighted by atomic mass is 10.0. The summed E-state index contributed by atoms with van der Waals surface area (Å²) in [6.07, 6.45) is 0.283. The van der Waals surface area contributed by atoms with Crippen LogP contribution in [0.3, 0.4) is 0 Å². The number of fused-ring (bicyclic) bond motifs is 1. The summed E-state index contributed by atoms with van der Waals surface area (Å²) < 4.78 is 46.2. The Kier molecular flexibility index (Phi) is 3.95. The molecule has 26 heavy (non-hydrogen) atoms. The zero-order chi connectivity index (χ0) is 18.3. The number of aromatic nitrogens is 4. The average Bonchev–Trinajstić information content (AvgIpc) is 3.21. The first kappa shape index (κ1) is 16.3. The number of alkyl halides is 2. The van der Waals surface area contributed by atoms with Gasteiger partial charge in [0.2, 0.25) is 0 Å². The van der Waals surface area contributed by atoms with Gasteiger partial charge >= 0.3 is 0 Å². The zero-order valence-corrected chi connectivity index (χ0v) is 13.7. The van der Waals surface area contributed by atoms with Crippen molar-refractivity contribution in [1.29, 1.82) is 0 Å². The maximum absolute atomic E-state index is 13.5. The lowest BCUT2D eigenvalue weighted by Crippen LogP contribution is -2.01. The number of hydrogen-bond acceptors (Lipinski definition) is 4. The first-order valence-corrected chi connectivity index (χ1v) is 7.83. The van der Waals surface area contributed by atoms with Gasteiger partial charge < -0.3 is 4.52 Å². The highest BCUT2D eigenvalue weighted by atomic mass is 19.3. The number of halogens is 3. The number of rotatable bonds is 4. The Morgan fingerprint density at radius 3 is 2.69 bits per heavy atom. The van der Waals surface area contributed by atoms with E-state index in [1.807, 2.05) is 0 Å². The Hall–Kier alpha value is -3.16. The Bertz CT molecular complexity index is 1090. The van der Waals surface area contributed by atoms with E-state index in [-0.39, 0.29) is 0 Å². The van der Waals surface area contributed by atoms with E-state index >= 15 is 0 Å². The van der Waals surface area contributed by atoms with Gasteiger partial charge in [-0.2, -0.15) is 5.10 Å². The predicted molar refractivity (Wildman–Crippen MR) is 88.2 cm³/mol. The van der Waals surface area contributed by atoms with Crippen LogP contribution in [0.2, 0.25) is 0 Å². The van der Waals surface area contributed by atoms with E-state index in [0.29, 0.717) is 40.2 Å². The fraction of sp³-hybridized carbons (Fsp3) is 0.167. The highest BCUT2D eigenvalue weighted by Crippen LogP contribution is 2.29. The highest BCUT2D eigenvalue weighted by Gasteiger charge is 2.15. The van der Waals surface area contributed by atoms with Gasteiger partial charge in [-0.3, -0.25) is 9.67 Å². The Morgan fingerprint density at radius 1 is 1.12 bits per heavy atom. The van der Waals surface area contributed by atoms with Gasteiger partial charge in [-0.25, -0.2) is 13.2 Å². The molecule has 0 amide bonds. The molecule has 5 nitrogen and oxygen atoms in total. The predicted octanol–water partition coefficient (Wildman–Crippen LogP) is 4.52. The molecule has 132 valence electrons. The van der Waals surface area contributed by atoms with E-state index < -0.39 is 17.8 Å². The Morgan fingerprint density at radius 2 is 1.96 bits per heavy atom. The lowest BCUT2D eigenvalue weighted by molar-refractivity contribution is 0.146. The van der Waals surface area contributed by atoms with Crippen LogP contribution in [0.1, 0.15) is 23.4 Å². The molecule has 4 aromatic rings.